The second-order valence-corrected chi connectivity index (χ2v) is 3.50. The summed E-state index contributed by atoms with van der Waals surface area (Å²) in [5.41, 5.74) is 0. The summed E-state index contributed by atoms with van der Waals surface area (Å²) in [6.07, 6.45) is 0. The maximum atomic E-state index is 11.6. The second-order valence-electron chi connectivity index (χ2n) is 3.19. The maximum absolute atomic E-state index is 11.6. The molecule has 0 aliphatic heterocycles. The quantitative estimate of drug-likeness (QED) is 0.783. The fourth-order valence-corrected chi connectivity index (χ4v) is 1.31. The van der Waals surface area contributed by atoms with Crippen molar-refractivity contribution >= 4 is 17.5 Å². The lowest BCUT2D eigenvalue weighted by Gasteiger charge is -2.13. The van der Waals surface area contributed by atoms with Gasteiger partial charge < -0.3 is 14.5 Å². The zero-order valence-corrected chi connectivity index (χ0v) is 9.50. The molecule has 1 unspecified atom stereocenters. The lowest BCUT2D eigenvalue weighted by Crippen LogP contribution is -2.39. The van der Waals surface area contributed by atoms with Crippen LogP contribution in [0.3, 0.4) is 0 Å². The number of rotatable bonds is 5. The summed E-state index contributed by atoms with van der Waals surface area (Å²) < 4.78 is 10.1. The van der Waals surface area contributed by atoms with E-state index in [0.29, 0.717) is 24.0 Å². The fourth-order valence-electron chi connectivity index (χ4n) is 1.14. The topological polar surface area (TPSA) is 51.5 Å². The van der Waals surface area contributed by atoms with E-state index in [0.717, 1.165) is 0 Å². The molecule has 1 atom stereocenters. The minimum atomic E-state index is -0.272. The molecule has 1 heterocycles. The van der Waals surface area contributed by atoms with E-state index >= 15 is 0 Å². The third kappa shape index (κ3) is 3.57. The minimum absolute atomic E-state index is 0.199. The molecule has 1 N–H and O–H groups in total. The Kier molecular flexibility index (Phi) is 4.65. The predicted molar refractivity (Wildman–Crippen MR) is 57.3 cm³/mol. The molecule has 0 aliphatic rings. The summed E-state index contributed by atoms with van der Waals surface area (Å²) in [4.78, 5) is 11.6. The summed E-state index contributed by atoms with van der Waals surface area (Å²) in [5, 5.41) is 2.71. The van der Waals surface area contributed by atoms with Crippen molar-refractivity contribution < 1.29 is 13.9 Å². The van der Waals surface area contributed by atoms with Crippen LogP contribution in [0.2, 0.25) is 0 Å². The van der Waals surface area contributed by atoms with Gasteiger partial charge in [-0.1, -0.05) is 0 Å². The van der Waals surface area contributed by atoms with Crippen molar-refractivity contribution in [1.29, 1.82) is 0 Å². The highest BCUT2D eigenvalue weighted by molar-refractivity contribution is 6.18. The molecule has 1 aromatic rings. The number of carbonyl (C=O) groups excluding carboxylic acids is 1. The van der Waals surface area contributed by atoms with E-state index < -0.39 is 0 Å². The second kappa shape index (κ2) is 5.78. The van der Waals surface area contributed by atoms with E-state index in [1.165, 1.54) is 0 Å². The third-order valence-corrected chi connectivity index (χ3v) is 2.23. The number of amides is 1. The molecule has 0 saturated carbocycles. The van der Waals surface area contributed by atoms with Gasteiger partial charge in [-0.2, -0.15) is 0 Å². The van der Waals surface area contributed by atoms with Gasteiger partial charge >= 0.3 is 0 Å². The lowest BCUT2D eigenvalue weighted by molar-refractivity contribution is 0.0878. The van der Waals surface area contributed by atoms with Gasteiger partial charge in [0, 0.05) is 13.0 Å². The van der Waals surface area contributed by atoms with E-state index in [-0.39, 0.29) is 11.9 Å². The average Bonchev–Trinajstić information content (AvgIpc) is 2.64. The first-order valence-corrected chi connectivity index (χ1v) is 5.13. The van der Waals surface area contributed by atoms with Gasteiger partial charge in [-0.15, -0.1) is 11.6 Å². The van der Waals surface area contributed by atoms with Crippen LogP contribution in [-0.4, -0.2) is 31.5 Å². The Morgan fingerprint density at radius 1 is 1.67 bits per heavy atom. The molecule has 0 bridgehead atoms. The van der Waals surface area contributed by atoms with Crippen LogP contribution in [0.4, 0.5) is 0 Å². The number of nitrogens with one attached hydrogen (secondary N) is 1. The molecule has 0 fully saturated rings. The lowest BCUT2D eigenvalue weighted by atomic mass is 10.3. The number of carbonyl (C=O) groups is 1. The Balaban J connectivity index is 2.54. The first-order chi connectivity index (χ1) is 7.17. The Bertz CT molecular complexity index is 324. The van der Waals surface area contributed by atoms with E-state index in [1.807, 2.05) is 0 Å². The molecule has 84 valence electrons. The van der Waals surface area contributed by atoms with Crippen molar-refractivity contribution in [3.63, 3.8) is 0 Å². The van der Waals surface area contributed by atoms with Crippen molar-refractivity contribution in [2.45, 2.75) is 13.0 Å². The van der Waals surface area contributed by atoms with Crippen molar-refractivity contribution in [3.8, 4) is 0 Å². The SMILES string of the molecule is COCC(CCl)NC(=O)c1ccc(C)o1. The number of methoxy groups -OCH3 is 1. The van der Waals surface area contributed by atoms with Crippen LogP contribution >= 0.6 is 11.6 Å². The highest BCUT2D eigenvalue weighted by atomic mass is 35.5. The van der Waals surface area contributed by atoms with Crippen LogP contribution in [0.1, 0.15) is 16.3 Å². The normalized spacial score (nSPS) is 12.5. The summed E-state index contributed by atoms with van der Waals surface area (Å²) in [5.74, 6) is 1.03. The molecule has 5 heteroatoms. The molecule has 4 nitrogen and oxygen atoms in total. The van der Waals surface area contributed by atoms with Crippen LogP contribution in [-0.2, 0) is 4.74 Å². The van der Waals surface area contributed by atoms with E-state index in [1.54, 1.807) is 26.2 Å². The number of aryl methyl sites for hydroxylation is 1. The fraction of sp³-hybridized carbons (Fsp3) is 0.500. The first kappa shape index (κ1) is 12.1. The molecule has 1 rings (SSSR count). The van der Waals surface area contributed by atoms with E-state index in [9.17, 15) is 4.79 Å². The van der Waals surface area contributed by atoms with Crippen molar-refractivity contribution in [3.05, 3.63) is 23.7 Å². The average molecular weight is 232 g/mol. The summed E-state index contributed by atoms with van der Waals surface area (Å²) in [6.45, 7) is 2.17. The van der Waals surface area contributed by atoms with Crippen LogP contribution in [0.25, 0.3) is 0 Å². The molecule has 0 saturated heterocycles. The molecular weight excluding hydrogens is 218 g/mol. The van der Waals surface area contributed by atoms with Crippen LogP contribution < -0.4 is 5.32 Å². The zero-order chi connectivity index (χ0) is 11.3. The molecule has 1 amide bonds. The molecule has 15 heavy (non-hydrogen) atoms. The van der Waals surface area contributed by atoms with Gasteiger partial charge in [-0.25, -0.2) is 0 Å². The Hall–Kier alpha value is -1.00. The first-order valence-electron chi connectivity index (χ1n) is 4.59. The zero-order valence-electron chi connectivity index (χ0n) is 8.75. The van der Waals surface area contributed by atoms with Crippen molar-refractivity contribution in [1.82, 2.24) is 5.32 Å². The molecule has 0 radical (unpaired) electrons. The van der Waals surface area contributed by atoms with Gasteiger partial charge in [0.05, 0.1) is 12.6 Å². The molecule has 1 aromatic heterocycles. The molecule has 0 aromatic carbocycles. The molecular formula is C10H14ClNO3. The van der Waals surface area contributed by atoms with E-state index in [2.05, 4.69) is 5.32 Å². The van der Waals surface area contributed by atoms with Crippen LogP contribution in [0, 0.1) is 6.92 Å². The summed E-state index contributed by atoms with van der Waals surface area (Å²) >= 11 is 5.66. The smallest absolute Gasteiger partial charge is 0.287 e. The van der Waals surface area contributed by atoms with Gasteiger partial charge in [-0.3, -0.25) is 4.79 Å². The Labute approximate surface area is 93.5 Å². The minimum Gasteiger partial charge on any atom is -0.456 e. The van der Waals surface area contributed by atoms with Gasteiger partial charge in [-0.05, 0) is 19.1 Å². The summed E-state index contributed by atoms with van der Waals surface area (Å²) in [7, 11) is 1.56. The Morgan fingerprint density at radius 2 is 2.40 bits per heavy atom. The summed E-state index contributed by atoms with van der Waals surface area (Å²) in [6, 6.07) is 3.17. The molecule has 0 aliphatic carbocycles. The van der Waals surface area contributed by atoms with Gasteiger partial charge in [0.1, 0.15) is 5.76 Å². The number of alkyl halides is 1. The third-order valence-electron chi connectivity index (χ3n) is 1.85. The number of ether oxygens (including phenoxy) is 1. The van der Waals surface area contributed by atoms with E-state index in [4.69, 9.17) is 20.8 Å². The van der Waals surface area contributed by atoms with Crippen molar-refractivity contribution in [2.24, 2.45) is 0 Å². The number of halogens is 1. The number of furan rings is 1. The van der Waals surface area contributed by atoms with Gasteiger partial charge in [0.2, 0.25) is 0 Å². The van der Waals surface area contributed by atoms with Crippen molar-refractivity contribution in [2.75, 3.05) is 19.6 Å². The number of hydrogen-bond acceptors (Lipinski definition) is 3. The predicted octanol–water partition coefficient (Wildman–Crippen LogP) is 1.57. The largest absolute Gasteiger partial charge is 0.456 e. The van der Waals surface area contributed by atoms with Crippen LogP contribution in [0.5, 0.6) is 0 Å². The Morgan fingerprint density at radius 3 is 2.87 bits per heavy atom. The standard InChI is InChI=1S/C10H14ClNO3/c1-7-3-4-9(15-7)10(13)12-8(5-11)6-14-2/h3-4,8H,5-6H2,1-2H3,(H,12,13). The highest BCUT2D eigenvalue weighted by Gasteiger charge is 2.15. The molecule has 0 spiro atoms. The van der Waals surface area contributed by atoms with Gasteiger partial charge in [0.15, 0.2) is 5.76 Å². The highest BCUT2D eigenvalue weighted by Crippen LogP contribution is 2.06. The number of hydrogen-bond donors (Lipinski definition) is 1. The van der Waals surface area contributed by atoms with Gasteiger partial charge in [0.25, 0.3) is 5.91 Å². The van der Waals surface area contributed by atoms with Crippen LogP contribution in [0.15, 0.2) is 16.5 Å². The monoisotopic (exact) mass is 231 g/mol. The maximum Gasteiger partial charge on any atom is 0.287 e.